The first-order chi connectivity index (χ1) is 20.5. The number of hydrogen-bond donors (Lipinski definition) is 2. The van der Waals surface area contributed by atoms with Gasteiger partial charge >= 0.3 is 6.09 Å². The molecular weight excluding hydrogens is 600 g/mol. The summed E-state index contributed by atoms with van der Waals surface area (Å²) in [6.07, 6.45) is -0.146. The van der Waals surface area contributed by atoms with E-state index < -0.39 is 27.8 Å². The van der Waals surface area contributed by atoms with Crippen molar-refractivity contribution in [2.24, 2.45) is 17.8 Å². The van der Waals surface area contributed by atoms with Crippen molar-refractivity contribution < 1.29 is 23.1 Å². The number of nitrogens with one attached hydrogen (secondary N) is 1. The fraction of sp³-hybridized carbons (Fsp3) is 0.485. The Morgan fingerprint density at radius 2 is 1.75 bits per heavy atom. The van der Waals surface area contributed by atoms with E-state index in [4.69, 9.17) is 16.3 Å². The van der Waals surface area contributed by atoms with Gasteiger partial charge in [0.15, 0.2) is 0 Å². The highest BCUT2D eigenvalue weighted by atomic mass is 35.5. The fourth-order valence-corrected chi connectivity index (χ4v) is 7.13. The fourth-order valence-electron chi connectivity index (χ4n) is 5.93. The topological polar surface area (TPSA) is 122 Å². The number of anilines is 1. The number of β-amino-alcohol motifs (C(OH)–C–C–N with tert-alkyl or cyclic N) is 1. The molecule has 1 unspecified atom stereocenters. The normalized spacial score (nSPS) is 19.5. The van der Waals surface area contributed by atoms with Crippen molar-refractivity contribution in [3.63, 3.8) is 0 Å². The van der Waals surface area contributed by atoms with Gasteiger partial charge in [-0.3, -0.25) is 0 Å². The number of likely N-dealkylation sites (tertiary alicyclic amines) is 1. The Balaban J connectivity index is 1.56. The van der Waals surface area contributed by atoms with Gasteiger partial charge in [-0.1, -0.05) is 55.8 Å². The van der Waals surface area contributed by atoms with E-state index in [2.05, 4.69) is 28.5 Å². The number of carbonyl (C=O) groups excluding carboxylic acids is 1. The van der Waals surface area contributed by atoms with Crippen molar-refractivity contribution in [3.05, 3.63) is 70.4 Å². The third kappa shape index (κ3) is 8.49. The lowest BCUT2D eigenvalue weighted by Crippen LogP contribution is -2.42. The van der Waals surface area contributed by atoms with Gasteiger partial charge in [0.1, 0.15) is 10.8 Å². The quantitative estimate of drug-likeness (QED) is 0.277. The Labute approximate surface area is 266 Å². The summed E-state index contributed by atoms with van der Waals surface area (Å²) in [7, 11) is -4.05. The average molecular weight is 643 g/mol. The smallest absolute Gasteiger partial charge is 0.410 e. The van der Waals surface area contributed by atoms with Crippen LogP contribution in [0.4, 0.5) is 10.7 Å². The van der Waals surface area contributed by atoms with E-state index in [1.165, 1.54) is 6.07 Å². The van der Waals surface area contributed by atoms with Crippen molar-refractivity contribution >= 4 is 33.7 Å². The maximum absolute atomic E-state index is 13.5. The number of aryl methyl sites for hydroxylation is 2. The van der Waals surface area contributed by atoms with E-state index in [1.807, 2.05) is 58.9 Å². The molecule has 1 fully saturated rings. The lowest BCUT2D eigenvalue weighted by molar-refractivity contribution is 0.0146. The summed E-state index contributed by atoms with van der Waals surface area (Å²) in [5.74, 6) is 0.185. The van der Waals surface area contributed by atoms with Gasteiger partial charge in [0.05, 0.1) is 16.7 Å². The van der Waals surface area contributed by atoms with Gasteiger partial charge in [0.25, 0.3) is 10.0 Å². The van der Waals surface area contributed by atoms with Crippen LogP contribution in [0.2, 0.25) is 5.15 Å². The molecule has 1 saturated heterocycles. The molecule has 2 heterocycles. The summed E-state index contributed by atoms with van der Waals surface area (Å²) < 4.78 is 35.1. The number of rotatable bonds is 7. The standard InChI is InChI=1S/C33H43ClN4O5S/c1-20(2)27-19-38(32(40)43-33(5,6)7)18-25(39)16-24(27)14-23-12-9-13-26(15-23)44(41,42)37-31-35-28(17-29(34)36-31)30-21(3)10-8-11-22(30)4/h8-13,15,17,20,24-25,27,39H,14,16,18-19H2,1-7H3,(H,35,36,37)/t24?,25-,27+/m0/s1. The van der Waals surface area contributed by atoms with E-state index in [-0.39, 0.29) is 40.3 Å². The number of halogens is 1. The lowest BCUT2D eigenvalue weighted by atomic mass is 9.78. The number of aliphatic hydroxyl groups excluding tert-OH is 1. The van der Waals surface area contributed by atoms with E-state index in [9.17, 15) is 18.3 Å². The molecule has 0 bridgehead atoms. The summed E-state index contributed by atoms with van der Waals surface area (Å²) in [6.45, 7) is 14.2. The zero-order valence-electron chi connectivity index (χ0n) is 26.5. The summed E-state index contributed by atoms with van der Waals surface area (Å²) in [5, 5.41) is 11.0. The van der Waals surface area contributed by atoms with E-state index in [0.717, 1.165) is 22.3 Å². The first-order valence-corrected chi connectivity index (χ1v) is 16.8. The molecule has 0 radical (unpaired) electrons. The molecule has 2 N–H and O–H groups in total. The van der Waals surface area contributed by atoms with Gasteiger partial charge in [0.2, 0.25) is 5.95 Å². The van der Waals surface area contributed by atoms with E-state index >= 15 is 0 Å². The number of amides is 1. The number of aliphatic hydroxyl groups is 1. The van der Waals surface area contributed by atoms with Gasteiger partial charge in [-0.05, 0) is 94.0 Å². The van der Waals surface area contributed by atoms with Crippen molar-refractivity contribution in [3.8, 4) is 11.3 Å². The summed E-state index contributed by atoms with van der Waals surface area (Å²) in [5.41, 5.74) is 3.54. The van der Waals surface area contributed by atoms with Crippen LogP contribution in [0.3, 0.4) is 0 Å². The minimum Gasteiger partial charge on any atom is -0.444 e. The molecule has 1 aliphatic rings. The molecule has 0 aliphatic carbocycles. The second-order valence-corrected chi connectivity index (χ2v) is 15.1. The number of benzene rings is 2. The Morgan fingerprint density at radius 3 is 2.39 bits per heavy atom. The minimum absolute atomic E-state index is 0.0134. The molecule has 238 valence electrons. The molecule has 0 spiro atoms. The van der Waals surface area contributed by atoms with Crippen molar-refractivity contribution in [2.45, 2.75) is 77.9 Å². The maximum atomic E-state index is 13.5. The van der Waals surface area contributed by atoms with Gasteiger partial charge in [0, 0.05) is 24.7 Å². The van der Waals surface area contributed by atoms with Gasteiger partial charge < -0.3 is 14.7 Å². The number of nitrogens with zero attached hydrogens (tertiary/aromatic N) is 3. The van der Waals surface area contributed by atoms with Crippen LogP contribution < -0.4 is 4.72 Å². The van der Waals surface area contributed by atoms with Gasteiger partial charge in [-0.15, -0.1) is 0 Å². The minimum atomic E-state index is -4.05. The Hall–Kier alpha value is -3.21. The molecule has 9 nitrogen and oxygen atoms in total. The molecule has 2 aromatic carbocycles. The summed E-state index contributed by atoms with van der Waals surface area (Å²) in [4.78, 5) is 23.2. The van der Waals surface area contributed by atoms with Crippen LogP contribution in [0, 0.1) is 31.6 Å². The second-order valence-electron chi connectivity index (χ2n) is 13.1. The largest absolute Gasteiger partial charge is 0.444 e. The number of sulfonamides is 1. The first-order valence-electron chi connectivity index (χ1n) is 14.9. The van der Waals surface area contributed by atoms with Crippen LogP contribution >= 0.6 is 11.6 Å². The molecule has 1 aromatic heterocycles. The second kappa shape index (κ2) is 13.4. The predicted octanol–water partition coefficient (Wildman–Crippen LogP) is 6.65. The highest BCUT2D eigenvalue weighted by molar-refractivity contribution is 7.92. The molecule has 3 atom stereocenters. The van der Waals surface area contributed by atoms with E-state index in [1.54, 1.807) is 23.1 Å². The third-order valence-electron chi connectivity index (χ3n) is 7.92. The number of hydrogen-bond acceptors (Lipinski definition) is 7. The Bertz CT molecular complexity index is 1590. The average Bonchev–Trinajstić information content (AvgIpc) is 3.05. The number of aromatic nitrogens is 2. The zero-order chi connectivity index (χ0) is 32.4. The third-order valence-corrected chi connectivity index (χ3v) is 9.43. The summed E-state index contributed by atoms with van der Waals surface area (Å²) >= 11 is 6.30. The molecule has 11 heteroatoms. The highest BCUT2D eigenvalue weighted by Crippen LogP contribution is 2.34. The van der Waals surface area contributed by atoms with Crippen LogP contribution in [0.1, 0.15) is 57.7 Å². The van der Waals surface area contributed by atoms with Crippen molar-refractivity contribution in [1.29, 1.82) is 0 Å². The van der Waals surface area contributed by atoms with Crippen LogP contribution in [0.25, 0.3) is 11.3 Å². The van der Waals surface area contributed by atoms with E-state index in [0.29, 0.717) is 25.1 Å². The van der Waals surface area contributed by atoms with Crippen LogP contribution in [0.15, 0.2) is 53.4 Å². The Morgan fingerprint density at radius 1 is 1.09 bits per heavy atom. The monoisotopic (exact) mass is 642 g/mol. The molecule has 0 saturated carbocycles. The lowest BCUT2D eigenvalue weighted by Gasteiger charge is -2.32. The maximum Gasteiger partial charge on any atom is 0.410 e. The van der Waals surface area contributed by atoms with Crippen molar-refractivity contribution in [2.75, 3.05) is 17.8 Å². The molecule has 1 aliphatic heterocycles. The molecule has 44 heavy (non-hydrogen) atoms. The van der Waals surface area contributed by atoms with Crippen LogP contribution in [0.5, 0.6) is 0 Å². The molecule has 3 aromatic rings. The molecule has 1 amide bonds. The molecular formula is C33H43ClN4O5S. The van der Waals surface area contributed by atoms with Crippen LogP contribution in [-0.4, -0.2) is 59.3 Å². The Kier molecular flexibility index (Phi) is 10.3. The number of carbonyl (C=O) groups is 1. The SMILES string of the molecule is Cc1cccc(C)c1-c1cc(Cl)nc(NS(=O)(=O)c2cccc(CC3C[C@H](O)CN(C(=O)OC(C)(C)C)C[C@@H]3C(C)C)c2)n1. The van der Waals surface area contributed by atoms with Crippen LogP contribution in [-0.2, 0) is 21.2 Å². The molecule has 4 rings (SSSR count). The van der Waals surface area contributed by atoms with Gasteiger partial charge in [-0.25, -0.2) is 27.9 Å². The summed E-state index contributed by atoms with van der Waals surface area (Å²) in [6, 6.07) is 14.2. The number of ether oxygens (including phenoxy) is 1. The van der Waals surface area contributed by atoms with Crippen molar-refractivity contribution in [1.82, 2.24) is 14.9 Å². The van der Waals surface area contributed by atoms with Gasteiger partial charge in [-0.2, -0.15) is 0 Å². The zero-order valence-corrected chi connectivity index (χ0v) is 28.0. The first kappa shape index (κ1) is 33.7. The predicted molar refractivity (Wildman–Crippen MR) is 173 cm³/mol. The highest BCUT2D eigenvalue weighted by Gasteiger charge is 2.36.